The number of nitrogens with one attached hydrogen (secondary N) is 12. The number of nitrogens with zero attached hydrogens (tertiary/aromatic N) is 25. The Morgan fingerprint density at radius 3 is 1.31 bits per heavy atom. The number of piperazine rings is 2. The Labute approximate surface area is 808 Å². The van der Waals surface area contributed by atoms with Crippen LogP contribution in [0.15, 0.2) is 117 Å². The topological polar surface area (TPSA) is 523 Å². The fraction of sp³-hybridized carbons (Fsp3) is 0.374. The molecule has 16 aromatic rings. The van der Waals surface area contributed by atoms with E-state index in [2.05, 4.69) is 179 Å². The van der Waals surface area contributed by atoms with Crippen LogP contribution in [0.5, 0.6) is 23.5 Å². The van der Waals surface area contributed by atoms with Gasteiger partial charge in [-0.2, -0.15) is 31.4 Å². The molecule has 45 nitrogen and oxygen atoms in total. The first kappa shape index (κ1) is 101. The zero-order chi connectivity index (χ0) is 101. The van der Waals surface area contributed by atoms with Crippen molar-refractivity contribution >= 4 is 125 Å². The first-order valence-corrected chi connectivity index (χ1v) is 45.0. The standard InChI is InChI=1S/2C26H34N10O2.C20H21F3N8O2.C19H20F3N9O2/c1-6-21(36-9-7-34(3)8-10-36)24(37)30-19-14-27-12-17-18(13-28-23(17)19)22-16(2)11-29-26(32-22)31-20-15-35(4)33-25(20)38-5;1-6-20(36-11-9-34(3)10-12-36)24(37)32-23-22-17(7-8-27-23)18(14-28-22)21-16(2)13-29-26(31-21)30-19-15-35(4)33-25(19)38-5;1-10-7-25-19(26-13-9-31(2)30-18(13)33-3)27-15(10)17-11-5-4-6-12(16(11)28-29-17)24-8-14(32)20(21,22)23;1-9-4-25-18(28-11-7-31(2)30-17(11)33-3)29-13(9)10-5-23-15-14(10)26-8-27-16(15)24-6-12(32)19(20,21)22/h11-15,21,28H,6-10H2,1-5H3,(H,30,37)(H,29,31,32);7-8,13-15,20,28H,6,9-12H2,1-5H3,(H,27,32,37)(H,29,30,31);4-7,9,14,24,32H,8H2,1-3H3,(H,28,29)(H,25,26,27);4-5,7-8,12,23,32H,6H2,1-3H3,(H,24,26,27)(H,25,28,29). The number of carbonyl (C=O) groups excluding carboxylic acids is 2. The summed E-state index contributed by atoms with van der Waals surface area (Å²) >= 11 is 0. The van der Waals surface area contributed by atoms with Gasteiger partial charge in [-0.1, -0.05) is 26.0 Å². The molecule has 4 unspecified atom stereocenters. The van der Waals surface area contributed by atoms with E-state index in [1.54, 1.807) is 140 Å². The molecule has 0 bridgehead atoms. The second-order valence-corrected chi connectivity index (χ2v) is 33.7. The van der Waals surface area contributed by atoms with Gasteiger partial charge in [-0.05, 0) is 89.0 Å². The van der Waals surface area contributed by atoms with Gasteiger partial charge in [0.1, 0.15) is 45.6 Å². The number of para-hydroxylation sites is 1. The van der Waals surface area contributed by atoms with E-state index in [1.165, 1.54) is 20.5 Å². The summed E-state index contributed by atoms with van der Waals surface area (Å²) in [5, 5.41) is 68.8. The number of anilines is 12. The summed E-state index contributed by atoms with van der Waals surface area (Å²) < 4.78 is 103. The first-order valence-electron chi connectivity index (χ1n) is 45.0. The second kappa shape index (κ2) is 43.7. The van der Waals surface area contributed by atoms with Gasteiger partial charge in [0, 0.05) is 176 Å². The van der Waals surface area contributed by atoms with Crippen molar-refractivity contribution in [2.45, 2.75) is 91.0 Å². The van der Waals surface area contributed by atoms with Gasteiger partial charge in [-0.3, -0.25) is 48.2 Å². The molecule has 2 fully saturated rings. The van der Waals surface area contributed by atoms with Crippen LogP contribution in [0.2, 0.25) is 0 Å². The van der Waals surface area contributed by atoms with E-state index in [1.807, 2.05) is 67.2 Å². The number of hydrogen-bond donors (Lipinski definition) is 14. The molecular weight excluding hydrogens is 1850 g/mol. The number of aliphatic hydroxyl groups excluding tert-OH is 2. The average molecular weight is 1960 g/mol. The molecule has 51 heteroatoms. The van der Waals surface area contributed by atoms with Crippen molar-refractivity contribution < 1.29 is 65.1 Å². The molecule has 17 heterocycles. The average Bonchev–Trinajstić information content (AvgIpc) is 1.64. The number of amides is 2. The van der Waals surface area contributed by atoms with Gasteiger partial charge in [0.05, 0.1) is 129 Å². The number of likely N-dealkylation sites (N-methyl/N-ethyl adjacent to an activating group) is 2. The summed E-state index contributed by atoms with van der Waals surface area (Å²) in [5.74, 6) is 3.68. The minimum atomic E-state index is -4.74. The Morgan fingerprint density at radius 2 is 0.852 bits per heavy atom. The van der Waals surface area contributed by atoms with Crippen LogP contribution in [0.25, 0.3) is 88.9 Å². The number of aliphatic hydroxyl groups is 2. The molecule has 0 spiro atoms. The van der Waals surface area contributed by atoms with E-state index in [4.69, 9.17) is 28.9 Å². The summed E-state index contributed by atoms with van der Waals surface area (Å²) in [4.78, 5) is 98.7. The normalized spacial score (nSPS) is 14.2. The van der Waals surface area contributed by atoms with E-state index < -0.39 is 37.7 Å². The number of aryl methyl sites for hydroxylation is 8. The summed E-state index contributed by atoms with van der Waals surface area (Å²) in [7, 11) is 17.5. The summed E-state index contributed by atoms with van der Waals surface area (Å²) in [6.45, 7) is 17.6. The van der Waals surface area contributed by atoms with Gasteiger partial charge in [0.2, 0.25) is 35.6 Å². The number of hydrogen-bond acceptors (Lipinski definition) is 35. The second-order valence-electron chi connectivity index (χ2n) is 33.7. The Kier molecular flexibility index (Phi) is 30.9. The highest BCUT2D eigenvalue weighted by molar-refractivity contribution is 6.08. The number of alkyl halides is 6. The minimum Gasteiger partial charge on any atom is -0.478 e. The number of carbonyl (C=O) groups is 2. The number of H-pyrrole nitrogens is 4. The Morgan fingerprint density at radius 1 is 0.437 bits per heavy atom. The molecule has 0 saturated carbocycles. The number of halogens is 6. The number of ether oxygens (including phenoxy) is 4. The maximum Gasteiger partial charge on any atom is 0.416 e. The molecule has 15 aromatic heterocycles. The van der Waals surface area contributed by atoms with Crippen LogP contribution in [-0.4, -0.2) is 310 Å². The molecule has 14 N–H and O–H groups in total. The highest BCUT2D eigenvalue weighted by Crippen LogP contribution is 2.40. The van der Waals surface area contributed by atoms with Crippen molar-refractivity contribution in [2.24, 2.45) is 28.2 Å². The first-order chi connectivity index (χ1) is 68.1. The minimum absolute atomic E-state index is 0.0161. The third-order valence-electron chi connectivity index (χ3n) is 23.6. The van der Waals surface area contributed by atoms with Gasteiger partial charge < -0.3 is 96.4 Å². The third kappa shape index (κ3) is 23.0. The lowest BCUT2D eigenvalue weighted by Gasteiger charge is -2.36. The number of fused-ring (bicyclic) bond motifs is 4. The number of benzene rings is 1. The van der Waals surface area contributed by atoms with Crippen molar-refractivity contribution in [2.75, 3.05) is 151 Å². The predicted molar refractivity (Wildman–Crippen MR) is 522 cm³/mol. The predicted octanol–water partition coefficient (Wildman–Crippen LogP) is 11.3. The highest BCUT2D eigenvalue weighted by atomic mass is 19.4. The lowest BCUT2D eigenvalue weighted by Crippen LogP contribution is -2.52. The van der Waals surface area contributed by atoms with Crippen LogP contribution >= 0.6 is 0 Å². The smallest absolute Gasteiger partial charge is 0.416 e. The van der Waals surface area contributed by atoms with Gasteiger partial charge in [-0.25, -0.2) is 54.8 Å². The van der Waals surface area contributed by atoms with Crippen LogP contribution in [0.4, 0.5) is 95.9 Å². The van der Waals surface area contributed by atoms with Gasteiger partial charge >= 0.3 is 12.4 Å². The van der Waals surface area contributed by atoms with Crippen molar-refractivity contribution in [1.82, 2.24) is 144 Å². The Balaban J connectivity index is 0.000000143. The molecule has 2 aliphatic rings. The van der Waals surface area contributed by atoms with Crippen molar-refractivity contribution in [3.63, 3.8) is 0 Å². The fourth-order valence-electron chi connectivity index (χ4n) is 16.2. The molecule has 18 rings (SSSR count). The zero-order valence-electron chi connectivity index (χ0n) is 80.6. The summed E-state index contributed by atoms with van der Waals surface area (Å²) in [6, 6.07) is 6.59. The maximum atomic E-state index is 13.3. The van der Waals surface area contributed by atoms with E-state index in [0.29, 0.717) is 126 Å². The molecule has 2 amide bonds. The third-order valence-corrected chi connectivity index (χ3v) is 23.6. The molecule has 2 aliphatic heterocycles. The lowest BCUT2D eigenvalue weighted by molar-refractivity contribution is -0.199. The van der Waals surface area contributed by atoms with Gasteiger partial charge in [-0.15, -0.1) is 20.4 Å². The van der Waals surface area contributed by atoms with Crippen LogP contribution < -0.4 is 61.5 Å². The number of aromatic amines is 4. The molecule has 0 radical (unpaired) electrons. The van der Waals surface area contributed by atoms with E-state index >= 15 is 0 Å². The number of aromatic nitrogens is 25. The largest absolute Gasteiger partial charge is 0.478 e. The number of pyridine rings is 2. The molecule has 142 heavy (non-hydrogen) atoms. The zero-order valence-corrected chi connectivity index (χ0v) is 80.6. The molecule has 2 saturated heterocycles. The maximum absolute atomic E-state index is 13.3. The van der Waals surface area contributed by atoms with Crippen molar-refractivity contribution in [1.29, 1.82) is 0 Å². The quantitative estimate of drug-likeness (QED) is 0.0186. The molecule has 748 valence electrons. The van der Waals surface area contributed by atoms with E-state index in [-0.39, 0.29) is 35.7 Å². The molecule has 0 aliphatic carbocycles. The fourth-order valence-corrected chi connectivity index (χ4v) is 16.2. The van der Waals surface area contributed by atoms with Crippen LogP contribution in [-0.2, 0) is 37.8 Å². The van der Waals surface area contributed by atoms with Crippen LogP contribution in [0.3, 0.4) is 0 Å². The van der Waals surface area contributed by atoms with Gasteiger partial charge in [0.15, 0.2) is 23.8 Å². The monoisotopic (exact) mass is 1960 g/mol. The highest BCUT2D eigenvalue weighted by Gasteiger charge is 2.40. The summed E-state index contributed by atoms with van der Waals surface area (Å²) in [6.07, 6.45) is 12.7. The SMILES string of the molecule is CCC(C(=O)Nc1cncc2c(-c3nc(Nc4cn(C)nc4OC)ncc3C)c[nH]c12)N1CCN(C)CC1.CCC(C(=O)Nc1nccc2c(-c3nc(Nc4cn(C)nc4OC)ncc3C)c[nH]c12)N1CCN(C)CC1.COc1nn(C)cc1Nc1ncc(C)c(-c2[nH]nc3c(NCC(O)C(F)(F)F)cccc23)n1.COc1nn(C)cc1Nc1ncc(C)c(-c2c[nH]c3c(NCC(O)C(F)(F)F)ncnc23)n1. The van der Waals surface area contributed by atoms with Crippen LogP contribution in [0, 0.1) is 27.7 Å². The van der Waals surface area contributed by atoms with Crippen molar-refractivity contribution in [3.05, 3.63) is 140 Å². The van der Waals surface area contributed by atoms with Crippen molar-refractivity contribution in [3.8, 4) is 68.7 Å². The molecular formula is C91H109F6N37O8. The van der Waals surface area contributed by atoms with Crippen LogP contribution in [0.1, 0.15) is 48.9 Å². The van der Waals surface area contributed by atoms with Gasteiger partial charge in [0.25, 0.3) is 23.5 Å². The summed E-state index contributed by atoms with van der Waals surface area (Å²) in [5.41, 5.74) is 15.2. The number of rotatable bonds is 30. The van der Waals surface area contributed by atoms with E-state index in [0.717, 1.165) is 132 Å². The van der Waals surface area contributed by atoms with E-state index in [9.17, 15) is 46.1 Å². The number of methoxy groups -OCH3 is 4. The Hall–Kier alpha value is -15.9. The Bertz CT molecular complexity index is 6700. The molecule has 1 aromatic carbocycles. The lowest BCUT2D eigenvalue weighted by atomic mass is 10.1. The molecule has 4 atom stereocenters.